The van der Waals surface area contributed by atoms with E-state index in [1.165, 1.54) is 11.1 Å². The molecule has 3 N–H and O–H groups in total. The number of aryl methyl sites for hydroxylation is 1. The van der Waals surface area contributed by atoms with Gasteiger partial charge in [0.15, 0.2) is 0 Å². The van der Waals surface area contributed by atoms with Crippen molar-refractivity contribution in [3.05, 3.63) is 59.7 Å². The zero-order valence-corrected chi connectivity index (χ0v) is 14.7. The van der Waals surface area contributed by atoms with Gasteiger partial charge in [0.25, 0.3) is 0 Å². The number of benzene rings is 2. The second kappa shape index (κ2) is 7.89. The average molecular weight is 341 g/mol. The van der Waals surface area contributed by atoms with E-state index in [1.807, 2.05) is 0 Å². The van der Waals surface area contributed by atoms with E-state index in [1.54, 1.807) is 24.3 Å². The monoisotopic (exact) mass is 341 g/mol. The SMILES string of the molecule is Cc1ccc(CC2(O)CCNC(CCOc3ccc(O)cc3)C2)cc1. The van der Waals surface area contributed by atoms with Crippen molar-refractivity contribution in [3.63, 3.8) is 0 Å². The summed E-state index contributed by atoms with van der Waals surface area (Å²) in [5.74, 6) is 0.992. The zero-order chi connectivity index (χ0) is 17.7. The molecule has 1 heterocycles. The van der Waals surface area contributed by atoms with Crippen molar-refractivity contribution in [3.8, 4) is 11.5 Å². The molecule has 2 aromatic rings. The van der Waals surface area contributed by atoms with Crippen LogP contribution < -0.4 is 10.1 Å². The van der Waals surface area contributed by atoms with E-state index in [9.17, 15) is 10.2 Å². The molecular weight excluding hydrogens is 314 g/mol. The highest BCUT2D eigenvalue weighted by Crippen LogP contribution is 2.27. The van der Waals surface area contributed by atoms with Gasteiger partial charge >= 0.3 is 0 Å². The minimum atomic E-state index is -0.649. The van der Waals surface area contributed by atoms with Crippen LogP contribution in [0, 0.1) is 6.92 Å². The highest BCUT2D eigenvalue weighted by molar-refractivity contribution is 5.30. The molecule has 0 aliphatic carbocycles. The molecule has 0 spiro atoms. The number of hydrogen-bond acceptors (Lipinski definition) is 4. The van der Waals surface area contributed by atoms with Gasteiger partial charge in [-0.1, -0.05) is 29.8 Å². The van der Waals surface area contributed by atoms with Gasteiger partial charge < -0.3 is 20.3 Å². The van der Waals surface area contributed by atoms with E-state index in [-0.39, 0.29) is 11.8 Å². The average Bonchev–Trinajstić information content (AvgIpc) is 2.59. The molecule has 0 aromatic heterocycles. The lowest BCUT2D eigenvalue weighted by atomic mass is 9.82. The predicted octanol–water partition coefficient (Wildman–Crippen LogP) is 3.20. The highest BCUT2D eigenvalue weighted by atomic mass is 16.5. The van der Waals surface area contributed by atoms with Gasteiger partial charge in [-0.2, -0.15) is 0 Å². The van der Waals surface area contributed by atoms with Gasteiger partial charge in [-0.25, -0.2) is 0 Å². The molecule has 0 bridgehead atoms. The number of aliphatic hydroxyl groups is 1. The first kappa shape index (κ1) is 17.8. The lowest BCUT2D eigenvalue weighted by Crippen LogP contribution is -2.49. The quantitative estimate of drug-likeness (QED) is 0.755. The van der Waals surface area contributed by atoms with Crippen molar-refractivity contribution in [1.82, 2.24) is 5.32 Å². The summed E-state index contributed by atoms with van der Waals surface area (Å²) >= 11 is 0. The van der Waals surface area contributed by atoms with Crippen LogP contribution in [0.3, 0.4) is 0 Å². The van der Waals surface area contributed by atoms with Crippen LogP contribution in [-0.2, 0) is 6.42 Å². The summed E-state index contributed by atoms with van der Waals surface area (Å²) in [5, 5.41) is 23.8. The standard InChI is InChI=1S/C21H27NO3/c1-16-2-4-17(5-3-16)14-21(24)11-12-22-18(15-21)10-13-25-20-8-6-19(23)7-9-20/h2-9,18,22-24H,10-15H2,1H3. The lowest BCUT2D eigenvalue weighted by Gasteiger charge is -2.38. The Hall–Kier alpha value is -2.04. The second-order valence-corrected chi connectivity index (χ2v) is 7.12. The van der Waals surface area contributed by atoms with Crippen molar-refractivity contribution in [2.75, 3.05) is 13.2 Å². The van der Waals surface area contributed by atoms with Gasteiger partial charge in [0.1, 0.15) is 11.5 Å². The third kappa shape index (κ3) is 5.21. The number of rotatable bonds is 6. The zero-order valence-electron chi connectivity index (χ0n) is 14.7. The maximum Gasteiger partial charge on any atom is 0.119 e. The van der Waals surface area contributed by atoms with Crippen molar-refractivity contribution in [2.45, 2.75) is 44.2 Å². The Labute approximate surface area is 149 Å². The summed E-state index contributed by atoms with van der Waals surface area (Å²) in [5.41, 5.74) is 1.78. The molecule has 0 amide bonds. The van der Waals surface area contributed by atoms with Crippen molar-refractivity contribution in [2.24, 2.45) is 0 Å². The molecule has 25 heavy (non-hydrogen) atoms. The molecule has 134 valence electrons. The Morgan fingerprint density at radius 2 is 1.84 bits per heavy atom. The molecule has 2 unspecified atom stereocenters. The molecule has 2 aromatic carbocycles. The van der Waals surface area contributed by atoms with E-state index in [0.29, 0.717) is 13.0 Å². The van der Waals surface area contributed by atoms with Gasteiger partial charge in [0.05, 0.1) is 12.2 Å². The number of phenols is 1. The summed E-state index contributed by atoms with van der Waals surface area (Å²) in [6.45, 7) is 3.49. The lowest BCUT2D eigenvalue weighted by molar-refractivity contribution is -0.00627. The molecule has 1 aliphatic rings. The van der Waals surface area contributed by atoms with Gasteiger partial charge in [-0.05, 0) is 62.6 Å². The predicted molar refractivity (Wildman–Crippen MR) is 99.1 cm³/mol. The topological polar surface area (TPSA) is 61.7 Å². The second-order valence-electron chi connectivity index (χ2n) is 7.12. The van der Waals surface area contributed by atoms with Crippen LogP contribution in [0.2, 0.25) is 0 Å². The Morgan fingerprint density at radius 1 is 1.12 bits per heavy atom. The summed E-state index contributed by atoms with van der Waals surface area (Å²) in [6, 6.07) is 15.4. The van der Waals surface area contributed by atoms with Crippen molar-refractivity contribution < 1.29 is 14.9 Å². The van der Waals surface area contributed by atoms with Crippen molar-refractivity contribution >= 4 is 0 Å². The molecule has 4 nitrogen and oxygen atoms in total. The normalized spacial score (nSPS) is 23.4. The fourth-order valence-corrected chi connectivity index (χ4v) is 3.45. The van der Waals surface area contributed by atoms with Gasteiger partial charge in [-0.3, -0.25) is 0 Å². The molecule has 0 saturated carbocycles. The number of phenolic OH excluding ortho intramolecular Hbond substituents is 1. The molecule has 1 aliphatic heterocycles. The molecule has 0 radical (unpaired) electrons. The molecule has 2 atom stereocenters. The Kier molecular flexibility index (Phi) is 5.61. The summed E-state index contributed by atoms with van der Waals surface area (Å²) in [7, 11) is 0. The fraction of sp³-hybridized carbons (Fsp3) is 0.429. The third-order valence-electron chi connectivity index (χ3n) is 4.88. The maximum absolute atomic E-state index is 11.0. The summed E-state index contributed by atoms with van der Waals surface area (Å²) < 4.78 is 5.73. The number of aromatic hydroxyl groups is 1. The molecular formula is C21H27NO3. The first-order valence-corrected chi connectivity index (χ1v) is 8.96. The number of ether oxygens (including phenoxy) is 1. The van der Waals surface area contributed by atoms with E-state index in [4.69, 9.17) is 4.74 Å². The highest BCUT2D eigenvalue weighted by Gasteiger charge is 2.34. The fourth-order valence-electron chi connectivity index (χ4n) is 3.45. The Balaban J connectivity index is 1.49. The van der Waals surface area contributed by atoms with Gasteiger partial charge in [0, 0.05) is 12.5 Å². The van der Waals surface area contributed by atoms with Crippen LogP contribution in [-0.4, -0.2) is 35.0 Å². The van der Waals surface area contributed by atoms with E-state index in [2.05, 4.69) is 36.5 Å². The van der Waals surface area contributed by atoms with E-state index < -0.39 is 5.60 Å². The minimum Gasteiger partial charge on any atom is -0.508 e. The largest absolute Gasteiger partial charge is 0.508 e. The Bertz CT molecular complexity index is 669. The van der Waals surface area contributed by atoms with Gasteiger partial charge in [-0.15, -0.1) is 0 Å². The molecule has 3 rings (SSSR count). The Morgan fingerprint density at radius 3 is 2.56 bits per heavy atom. The van der Waals surface area contributed by atoms with E-state index in [0.717, 1.165) is 31.6 Å². The van der Waals surface area contributed by atoms with Crippen LogP contribution in [0.5, 0.6) is 11.5 Å². The van der Waals surface area contributed by atoms with Crippen LogP contribution in [0.25, 0.3) is 0 Å². The third-order valence-corrected chi connectivity index (χ3v) is 4.88. The molecule has 1 saturated heterocycles. The molecule has 4 heteroatoms. The van der Waals surface area contributed by atoms with Crippen LogP contribution in [0.1, 0.15) is 30.4 Å². The molecule has 1 fully saturated rings. The van der Waals surface area contributed by atoms with E-state index >= 15 is 0 Å². The van der Waals surface area contributed by atoms with Crippen LogP contribution in [0.4, 0.5) is 0 Å². The smallest absolute Gasteiger partial charge is 0.119 e. The first-order valence-electron chi connectivity index (χ1n) is 8.96. The van der Waals surface area contributed by atoms with Crippen LogP contribution in [0.15, 0.2) is 48.5 Å². The maximum atomic E-state index is 11.0. The number of nitrogens with one attached hydrogen (secondary N) is 1. The summed E-state index contributed by atoms with van der Waals surface area (Å²) in [4.78, 5) is 0. The minimum absolute atomic E-state index is 0.238. The number of piperidine rings is 1. The van der Waals surface area contributed by atoms with Crippen molar-refractivity contribution in [1.29, 1.82) is 0 Å². The van der Waals surface area contributed by atoms with Crippen LogP contribution >= 0.6 is 0 Å². The number of hydrogen-bond donors (Lipinski definition) is 3. The first-order chi connectivity index (χ1) is 12.0. The van der Waals surface area contributed by atoms with Gasteiger partial charge in [0.2, 0.25) is 0 Å². The summed E-state index contributed by atoms with van der Waals surface area (Å²) in [6.07, 6.45) is 3.05.